The van der Waals surface area contributed by atoms with E-state index in [1.807, 2.05) is 37.3 Å². The van der Waals surface area contributed by atoms with Gasteiger partial charge in [0, 0.05) is 43.1 Å². The van der Waals surface area contributed by atoms with E-state index in [4.69, 9.17) is 14.2 Å². The van der Waals surface area contributed by atoms with Crippen molar-refractivity contribution >= 4 is 11.7 Å². The molecule has 0 spiro atoms. The van der Waals surface area contributed by atoms with Gasteiger partial charge in [0.25, 0.3) is 5.91 Å². The zero-order chi connectivity index (χ0) is 23.9. The summed E-state index contributed by atoms with van der Waals surface area (Å²) in [4.78, 5) is 12.9. The zero-order valence-corrected chi connectivity index (χ0v) is 19.7. The summed E-state index contributed by atoms with van der Waals surface area (Å²) in [7, 11) is 3.41. The molecule has 1 atom stereocenters. The topological polar surface area (TPSA) is 74.6 Å². The van der Waals surface area contributed by atoms with Gasteiger partial charge in [-0.25, -0.2) is 0 Å². The Hall–Kier alpha value is -3.76. The highest BCUT2D eigenvalue weighted by Gasteiger charge is 2.19. The third-order valence-corrected chi connectivity index (χ3v) is 5.40. The van der Waals surface area contributed by atoms with Crippen molar-refractivity contribution in [1.82, 2.24) is 9.78 Å². The van der Waals surface area contributed by atoms with E-state index in [1.165, 1.54) is 6.42 Å². The number of carbonyl (C=O) groups is 1. The molecule has 176 valence electrons. The maximum absolute atomic E-state index is 12.9. The Balaban J connectivity index is 1.57. The summed E-state index contributed by atoms with van der Waals surface area (Å²) in [5.74, 6) is 7.90. The van der Waals surface area contributed by atoms with Crippen molar-refractivity contribution in [2.45, 2.75) is 38.4 Å². The summed E-state index contributed by atoms with van der Waals surface area (Å²) in [6, 6.07) is 14.8. The van der Waals surface area contributed by atoms with Gasteiger partial charge in [0.2, 0.25) is 0 Å². The van der Waals surface area contributed by atoms with Crippen molar-refractivity contribution in [3.05, 3.63) is 71.4 Å². The molecule has 1 aliphatic carbocycles. The number of rotatable bonds is 8. The van der Waals surface area contributed by atoms with Gasteiger partial charge in [0.15, 0.2) is 5.82 Å². The molecule has 1 heterocycles. The quantitative estimate of drug-likeness (QED) is 0.505. The van der Waals surface area contributed by atoms with E-state index in [0.29, 0.717) is 35.4 Å². The average molecular weight is 460 g/mol. The number of hydrogen-bond donors (Lipinski definition) is 1. The van der Waals surface area contributed by atoms with E-state index >= 15 is 0 Å². The number of anilines is 1. The number of aromatic nitrogens is 2. The smallest absolute Gasteiger partial charge is 0.257 e. The number of amides is 1. The first-order chi connectivity index (χ1) is 16.5. The predicted molar refractivity (Wildman–Crippen MR) is 130 cm³/mol. The van der Waals surface area contributed by atoms with Crippen LogP contribution < -0.4 is 14.8 Å². The van der Waals surface area contributed by atoms with Crippen LogP contribution in [-0.4, -0.2) is 41.6 Å². The fourth-order valence-corrected chi connectivity index (χ4v) is 3.51. The number of nitrogens with zero attached hydrogens (tertiary/aromatic N) is 2. The van der Waals surface area contributed by atoms with E-state index in [-0.39, 0.29) is 12.0 Å². The fraction of sp³-hybridized carbons (Fsp3) is 0.333. The van der Waals surface area contributed by atoms with Gasteiger partial charge in [-0.05, 0) is 62.6 Å². The number of benzene rings is 2. The molecule has 1 aliphatic rings. The highest BCUT2D eigenvalue weighted by molar-refractivity contribution is 6.04. The van der Waals surface area contributed by atoms with Crippen molar-refractivity contribution in [3.63, 3.8) is 0 Å². The molecule has 3 aromatic rings. The van der Waals surface area contributed by atoms with Crippen molar-refractivity contribution in [1.29, 1.82) is 0 Å². The summed E-state index contributed by atoms with van der Waals surface area (Å²) >= 11 is 0. The molecule has 1 amide bonds. The van der Waals surface area contributed by atoms with Crippen LogP contribution >= 0.6 is 0 Å². The second-order valence-corrected chi connectivity index (χ2v) is 8.41. The van der Waals surface area contributed by atoms with Gasteiger partial charge in [-0.2, -0.15) is 5.10 Å². The van der Waals surface area contributed by atoms with Gasteiger partial charge in [-0.1, -0.05) is 17.9 Å². The molecule has 34 heavy (non-hydrogen) atoms. The Kier molecular flexibility index (Phi) is 7.51. The fourth-order valence-electron chi connectivity index (χ4n) is 3.51. The highest BCUT2D eigenvalue weighted by atomic mass is 16.5. The number of carbonyl (C=O) groups excluding carboxylic acids is 1. The van der Waals surface area contributed by atoms with Crippen LogP contribution in [0.25, 0.3) is 0 Å². The first kappa shape index (κ1) is 23.4. The van der Waals surface area contributed by atoms with E-state index in [0.717, 1.165) is 24.2 Å². The largest absolute Gasteiger partial charge is 0.490 e. The number of methoxy groups -OCH3 is 1. The minimum absolute atomic E-state index is 0.180. The number of nitrogens with one attached hydrogen (secondary N) is 1. The van der Waals surface area contributed by atoms with Crippen molar-refractivity contribution in [2.24, 2.45) is 7.05 Å². The standard InChI is InChI=1S/C27H29N3O4/c1-19(18-32-3)33-25-16-21(14-22(17-25)27(31)28-26-12-13-30(2)29-26)11-10-20-6-4-9-24(15-20)34-23-7-5-8-23/h4,6,9,12-17,19,23H,5,7-8,18H2,1-3H3,(H,28,29,31)/t19-/m0/s1. The molecule has 0 radical (unpaired) electrons. The van der Waals surface area contributed by atoms with Crippen LogP contribution in [0.15, 0.2) is 54.7 Å². The van der Waals surface area contributed by atoms with Crippen molar-refractivity contribution in [3.8, 4) is 23.3 Å². The summed E-state index contributed by atoms with van der Waals surface area (Å²) in [5.41, 5.74) is 1.94. The van der Waals surface area contributed by atoms with Gasteiger partial charge >= 0.3 is 0 Å². The van der Waals surface area contributed by atoms with Crippen molar-refractivity contribution in [2.75, 3.05) is 19.0 Å². The normalized spacial score (nSPS) is 13.9. The minimum Gasteiger partial charge on any atom is -0.490 e. The molecule has 2 aromatic carbocycles. The number of hydrogen-bond acceptors (Lipinski definition) is 5. The highest BCUT2D eigenvalue weighted by Crippen LogP contribution is 2.25. The van der Waals surface area contributed by atoms with Gasteiger partial charge in [-0.15, -0.1) is 0 Å². The van der Waals surface area contributed by atoms with Crippen molar-refractivity contribution < 1.29 is 19.0 Å². The van der Waals surface area contributed by atoms with Crippen LogP contribution in [0.3, 0.4) is 0 Å². The first-order valence-electron chi connectivity index (χ1n) is 11.4. The molecular weight excluding hydrogens is 430 g/mol. The van der Waals surface area contributed by atoms with Crippen LogP contribution in [0, 0.1) is 11.8 Å². The van der Waals surface area contributed by atoms with Gasteiger partial charge in [0.05, 0.1) is 12.7 Å². The molecule has 0 saturated heterocycles. The van der Waals surface area contributed by atoms with Crippen LogP contribution in [0.4, 0.5) is 5.82 Å². The monoisotopic (exact) mass is 459 g/mol. The Labute approximate surface area is 200 Å². The number of aryl methyl sites for hydroxylation is 1. The van der Waals surface area contributed by atoms with E-state index < -0.39 is 0 Å². The molecular formula is C27H29N3O4. The van der Waals surface area contributed by atoms with E-state index in [9.17, 15) is 4.79 Å². The predicted octanol–water partition coefficient (Wildman–Crippen LogP) is 4.42. The van der Waals surface area contributed by atoms with Gasteiger partial charge in [-0.3, -0.25) is 9.48 Å². The Morgan fingerprint density at radius 2 is 1.94 bits per heavy atom. The summed E-state index contributed by atoms with van der Waals surface area (Å²) < 4.78 is 18.7. The summed E-state index contributed by atoms with van der Waals surface area (Å²) in [6.45, 7) is 2.34. The summed E-state index contributed by atoms with van der Waals surface area (Å²) in [5, 5.41) is 7.01. The van der Waals surface area contributed by atoms with E-state index in [2.05, 4.69) is 22.3 Å². The lowest BCUT2D eigenvalue weighted by molar-refractivity contribution is 0.0917. The lowest BCUT2D eigenvalue weighted by Crippen LogP contribution is -2.24. The Morgan fingerprint density at radius 3 is 2.65 bits per heavy atom. The average Bonchev–Trinajstić information content (AvgIpc) is 3.19. The van der Waals surface area contributed by atoms with Gasteiger partial charge in [0.1, 0.15) is 17.6 Å². The number of ether oxygens (including phenoxy) is 3. The van der Waals surface area contributed by atoms with Gasteiger partial charge < -0.3 is 19.5 Å². The van der Waals surface area contributed by atoms with E-state index in [1.54, 1.807) is 43.2 Å². The lowest BCUT2D eigenvalue weighted by atomic mass is 9.96. The second kappa shape index (κ2) is 10.9. The Morgan fingerprint density at radius 1 is 1.15 bits per heavy atom. The minimum atomic E-state index is -0.289. The third-order valence-electron chi connectivity index (χ3n) is 5.40. The zero-order valence-electron chi connectivity index (χ0n) is 19.7. The molecule has 1 aromatic heterocycles. The molecule has 4 rings (SSSR count). The SMILES string of the molecule is COC[C@H](C)Oc1cc(C#Cc2cccc(OC3CCC3)c2)cc(C(=O)Nc2ccn(C)n2)c1. The first-order valence-corrected chi connectivity index (χ1v) is 11.4. The molecule has 0 aliphatic heterocycles. The molecule has 7 heteroatoms. The molecule has 7 nitrogen and oxygen atoms in total. The van der Waals surface area contributed by atoms with Crippen LogP contribution in [-0.2, 0) is 11.8 Å². The molecule has 1 N–H and O–H groups in total. The third kappa shape index (κ3) is 6.40. The maximum Gasteiger partial charge on any atom is 0.257 e. The molecule has 1 fully saturated rings. The lowest BCUT2D eigenvalue weighted by Gasteiger charge is -2.26. The Bertz CT molecular complexity index is 1200. The second-order valence-electron chi connectivity index (χ2n) is 8.41. The van der Waals surface area contributed by atoms with Crippen LogP contribution in [0.5, 0.6) is 11.5 Å². The molecule has 0 bridgehead atoms. The van der Waals surface area contributed by atoms with Crippen LogP contribution in [0.2, 0.25) is 0 Å². The maximum atomic E-state index is 12.9. The molecule has 0 unspecified atom stereocenters. The molecule has 1 saturated carbocycles. The summed E-state index contributed by atoms with van der Waals surface area (Å²) in [6.07, 6.45) is 5.33. The van der Waals surface area contributed by atoms with Crippen LogP contribution in [0.1, 0.15) is 47.7 Å².